The number of rotatable bonds is 6. The molecule has 1 aromatic carbocycles. The normalized spacial score (nSPS) is 19.8. The molecule has 0 aromatic heterocycles. The zero-order chi connectivity index (χ0) is 19.3. The van der Waals surface area contributed by atoms with E-state index < -0.39 is 30.0 Å². The minimum atomic E-state index is -4.91. The van der Waals surface area contributed by atoms with Crippen LogP contribution >= 0.6 is 11.6 Å². The minimum absolute atomic E-state index is 0.0434. The quantitative estimate of drug-likeness (QED) is 0.722. The van der Waals surface area contributed by atoms with Crippen LogP contribution in [-0.2, 0) is 4.79 Å². The summed E-state index contributed by atoms with van der Waals surface area (Å²) in [6.45, 7) is 0.838. The van der Waals surface area contributed by atoms with Gasteiger partial charge in [0.25, 0.3) is 0 Å². The molecule has 1 unspecified atom stereocenters. The van der Waals surface area contributed by atoms with Gasteiger partial charge in [-0.25, -0.2) is 4.39 Å². The van der Waals surface area contributed by atoms with Crippen molar-refractivity contribution in [2.45, 2.75) is 31.2 Å². The van der Waals surface area contributed by atoms with E-state index in [0.717, 1.165) is 6.07 Å². The van der Waals surface area contributed by atoms with Crippen LogP contribution in [0.3, 0.4) is 0 Å². The van der Waals surface area contributed by atoms with Crippen LogP contribution in [0.2, 0.25) is 5.02 Å². The van der Waals surface area contributed by atoms with E-state index in [1.54, 1.807) is 4.90 Å². The summed E-state index contributed by atoms with van der Waals surface area (Å²) in [6.07, 6.45) is -4.80. The first-order chi connectivity index (χ1) is 12.1. The number of amides is 1. The number of alkyl halides is 3. The number of likely N-dealkylation sites (tertiary alicyclic amines) is 1. The van der Waals surface area contributed by atoms with E-state index in [1.807, 2.05) is 5.32 Å². The second-order valence-electron chi connectivity index (χ2n) is 6.11. The summed E-state index contributed by atoms with van der Waals surface area (Å²) in [6, 6.07) is 3.26. The smallest absolute Gasteiger partial charge is 0.471 e. The number of nitrogens with one attached hydrogen (secondary N) is 1. The molecule has 0 aliphatic carbocycles. The predicted octanol–water partition coefficient (Wildman–Crippen LogP) is 2.36. The fourth-order valence-electron chi connectivity index (χ4n) is 2.72. The second-order valence-corrected chi connectivity index (χ2v) is 6.52. The maximum Gasteiger partial charge on any atom is 0.471 e. The number of halogens is 5. The fraction of sp³-hybridized carbons (Fsp3) is 0.562. The van der Waals surface area contributed by atoms with Crippen molar-refractivity contribution >= 4 is 17.5 Å². The lowest BCUT2D eigenvalue weighted by molar-refractivity contribution is -0.174. The van der Waals surface area contributed by atoms with Crippen LogP contribution in [0, 0.1) is 5.82 Å². The number of benzene rings is 1. The molecule has 0 saturated carbocycles. The molecule has 26 heavy (non-hydrogen) atoms. The Morgan fingerprint density at radius 3 is 2.85 bits per heavy atom. The van der Waals surface area contributed by atoms with Crippen molar-refractivity contribution in [2.75, 3.05) is 26.2 Å². The van der Waals surface area contributed by atoms with Crippen molar-refractivity contribution in [3.63, 3.8) is 0 Å². The van der Waals surface area contributed by atoms with Gasteiger partial charge in [-0.15, -0.1) is 0 Å². The molecule has 0 spiro atoms. The minimum Gasteiger partial charge on any atom is -0.491 e. The molecule has 1 aromatic rings. The highest BCUT2D eigenvalue weighted by atomic mass is 35.5. The summed E-state index contributed by atoms with van der Waals surface area (Å²) in [5, 5.41) is 11.9. The molecule has 1 aliphatic heterocycles. The van der Waals surface area contributed by atoms with Crippen molar-refractivity contribution in [3.8, 4) is 5.75 Å². The Bertz CT molecular complexity index is 630. The number of piperidine rings is 1. The Morgan fingerprint density at radius 1 is 1.46 bits per heavy atom. The summed E-state index contributed by atoms with van der Waals surface area (Å²) in [5.74, 6) is -2.39. The summed E-state index contributed by atoms with van der Waals surface area (Å²) < 4.78 is 55.5. The van der Waals surface area contributed by atoms with Gasteiger partial charge in [-0.3, -0.25) is 9.69 Å². The zero-order valence-corrected chi connectivity index (χ0v) is 14.5. The predicted molar refractivity (Wildman–Crippen MR) is 86.6 cm³/mol. The largest absolute Gasteiger partial charge is 0.491 e. The maximum atomic E-state index is 13.3. The van der Waals surface area contributed by atoms with E-state index in [4.69, 9.17) is 16.3 Å². The van der Waals surface area contributed by atoms with Gasteiger partial charge in [0.1, 0.15) is 24.3 Å². The monoisotopic (exact) mass is 398 g/mol. The maximum absolute atomic E-state index is 13.3. The summed E-state index contributed by atoms with van der Waals surface area (Å²) >= 11 is 5.56. The van der Waals surface area contributed by atoms with Gasteiger partial charge in [0.15, 0.2) is 0 Å². The summed E-state index contributed by atoms with van der Waals surface area (Å²) in [5.41, 5.74) is 0. The molecule has 1 amide bonds. The zero-order valence-electron chi connectivity index (χ0n) is 13.7. The number of hydrogen-bond acceptors (Lipinski definition) is 4. The third-order valence-electron chi connectivity index (χ3n) is 3.90. The topological polar surface area (TPSA) is 61.8 Å². The molecule has 2 rings (SSSR count). The first-order valence-electron chi connectivity index (χ1n) is 8.01. The molecule has 10 heteroatoms. The first-order valence-corrected chi connectivity index (χ1v) is 8.39. The lowest BCUT2D eigenvalue weighted by atomic mass is 10.1. The Balaban J connectivity index is 1.78. The Morgan fingerprint density at radius 2 is 2.19 bits per heavy atom. The molecule has 0 radical (unpaired) electrons. The Kier molecular flexibility index (Phi) is 7.08. The summed E-state index contributed by atoms with van der Waals surface area (Å²) in [7, 11) is 0. The van der Waals surface area contributed by atoms with Crippen molar-refractivity contribution in [2.24, 2.45) is 0 Å². The lowest BCUT2D eigenvalue weighted by Crippen LogP contribution is -2.52. The summed E-state index contributed by atoms with van der Waals surface area (Å²) in [4.78, 5) is 12.8. The average molecular weight is 399 g/mol. The van der Waals surface area contributed by atoms with Gasteiger partial charge in [-0.2, -0.15) is 13.2 Å². The van der Waals surface area contributed by atoms with E-state index in [0.29, 0.717) is 19.4 Å². The molecule has 1 saturated heterocycles. The number of aliphatic hydroxyl groups excluding tert-OH is 1. The van der Waals surface area contributed by atoms with Gasteiger partial charge in [-0.1, -0.05) is 11.6 Å². The highest BCUT2D eigenvalue weighted by Crippen LogP contribution is 2.21. The number of aliphatic hydroxyl groups is 1. The first kappa shape index (κ1) is 20.7. The second kappa shape index (κ2) is 8.88. The molecule has 1 heterocycles. The van der Waals surface area contributed by atoms with Crippen LogP contribution in [0.15, 0.2) is 18.2 Å². The SMILES string of the molecule is O=C(N[C@@H]1CCCN(CC(O)COc2ccc(Cl)c(F)c2)C1)C(F)(F)F. The highest BCUT2D eigenvalue weighted by Gasteiger charge is 2.40. The molecule has 146 valence electrons. The van der Waals surface area contributed by atoms with E-state index in [2.05, 4.69) is 0 Å². The van der Waals surface area contributed by atoms with Crippen LogP contribution in [0.1, 0.15) is 12.8 Å². The molecular weight excluding hydrogens is 380 g/mol. The third-order valence-corrected chi connectivity index (χ3v) is 4.21. The van der Waals surface area contributed by atoms with Crippen LogP contribution in [0.5, 0.6) is 5.75 Å². The van der Waals surface area contributed by atoms with Crippen LogP contribution in [0.25, 0.3) is 0 Å². The Hall–Kier alpha value is -1.58. The molecule has 0 bridgehead atoms. The van der Waals surface area contributed by atoms with Crippen molar-refractivity contribution in [3.05, 3.63) is 29.0 Å². The van der Waals surface area contributed by atoms with Crippen molar-refractivity contribution in [1.29, 1.82) is 0 Å². The van der Waals surface area contributed by atoms with Gasteiger partial charge in [-0.05, 0) is 31.5 Å². The van der Waals surface area contributed by atoms with Gasteiger partial charge < -0.3 is 15.2 Å². The number of nitrogens with zero attached hydrogens (tertiary/aromatic N) is 1. The molecule has 5 nitrogen and oxygen atoms in total. The lowest BCUT2D eigenvalue weighted by Gasteiger charge is -2.34. The molecule has 1 fully saturated rings. The average Bonchev–Trinajstić information content (AvgIpc) is 2.55. The number of ether oxygens (including phenoxy) is 1. The molecule has 1 aliphatic rings. The fourth-order valence-corrected chi connectivity index (χ4v) is 2.83. The van der Waals surface area contributed by atoms with Crippen LogP contribution < -0.4 is 10.1 Å². The molecular formula is C16H19ClF4N2O3. The Labute approximate surface area is 152 Å². The van der Waals surface area contributed by atoms with Gasteiger partial charge in [0.05, 0.1) is 5.02 Å². The number of carbonyl (C=O) groups excluding carboxylic acids is 1. The highest BCUT2D eigenvalue weighted by molar-refractivity contribution is 6.30. The molecule has 2 N–H and O–H groups in total. The van der Waals surface area contributed by atoms with Gasteiger partial charge in [0, 0.05) is 25.2 Å². The standard InChI is InChI=1S/C16H19ClF4N2O3/c17-13-4-3-12(6-14(13)18)26-9-11(24)8-23-5-1-2-10(7-23)22-15(25)16(19,20)21/h3-4,6,10-11,24H,1-2,5,7-9H2,(H,22,25)/t10-,11?/m1/s1. The van der Waals surface area contributed by atoms with E-state index in [1.165, 1.54) is 12.1 Å². The van der Waals surface area contributed by atoms with E-state index in [-0.39, 0.29) is 30.5 Å². The van der Waals surface area contributed by atoms with Gasteiger partial charge >= 0.3 is 12.1 Å². The third kappa shape index (κ3) is 6.30. The number of carbonyl (C=O) groups is 1. The molecule has 2 atom stereocenters. The van der Waals surface area contributed by atoms with E-state index in [9.17, 15) is 27.5 Å². The number of β-amino-alcohol motifs (C(OH)–C–C–N with tert-alkyl or cyclic N) is 1. The van der Waals surface area contributed by atoms with Crippen LogP contribution in [0.4, 0.5) is 17.6 Å². The van der Waals surface area contributed by atoms with Crippen LogP contribution in [-0.4, -0.2) is 60.5 Å². The van der Waals surface area contributed by atoms with Crippen molar-refractivity contribution in [1.82, 2.24) is 10.2 Å². The van der Waals surface area contributed by atoms with Crippen molar-refractivity contribution < 1.29 is 32.2 Å². The number of hydrogen-bond donors (Lipinski definition) is 2. The van der Waals surface area contributed by atoms with E-state index >= 15 is 0 Å². The van der Waals surface area contributed by atoms with Gasteiger partial charge in [0.2, 0.25) is 0 Å².